The van der Waals surface area contributed by atoms with Gasteiger partial charge < -0.3 is 0 Å². The third kappa shape index (κ3) is 1.78. The van der Waals surface area contributed by atoms with Crippen LogP contribution in [0, 0.1) is 6.92 Å². The van der Waals surface area contributed by atoms with Crippen LogP contribution in [0.5, 0.6) is 0 Å². The number of thioether (sulfide) groups is 1. The number of hydrogen-bond donors (Lipinski definition) is 0. The summed E-state index contributed by atoms with van der Waals surface area (Å²) in [5.74, 6) is 0. The van der Waals surface area contributed by atoms with Gasteiger partial charge in [-0.05, 0) is 42.3 Å². The van der Waals surface area contributed by atoms with E-state index in [2.05, 4.69) is 47.3 Å². The summed E-state index contributed by atoms with van der Waals surface area (Å²) < 4.78 is 3.96. The Morgan fingerprint density at radius 3 is 2.77 bits per heavy atom. The zero-order chi connectivity index (χ0) is 9.42. The second kappa shape index (κ2) is 3.64. The first-order valence-electron chi connectivity index (χ1n) is 3.94. The molecule has 0 aliphatic carbocycles. The van der Waals surface area contributed by atoms with Crippen LogP contribution in [0.4, 0.5) is 0 Å². The Balaban J connectivity index is 2.75. The molecule has 13 heavy (non-hydrogen) atoms. The molecule has 0 spiro atoms. The van der Waals surface area contributed by atoms with Gasteiger partial charge in [0.05, 0.1) is 4.21 Å². The summed E-state index contributed by atoms with van der Waals surface area (Å²) >= 11 is 7.20. The minimum absolute atomic E-state index is 1.17. The fourth-order valence-corrected chi connectivity index (χ4v) is 3.62. The van der Waals surface area contributed by atoms with Crippen LogP contribution in [0.1, 0.15) is 5.56 Å². The molecular formula is C10H9BrS2. The Morgan fingerprint density at radius 1 is 1.31 bits per heavy atom. The molecular weight excluding hydrogens is 264 g/mol. The lowest BCUT2D eigenvalue weighted by Gasteiger charge is -1.95. The summed E-state index contributed by atoms with van der Waals surface area (Å²) in [5.41, 5.74) is 1.36. The van der Waals surface area contributed by atoms with Crippen LogP contribution in [-0.2, 0) is 0 Å². The van der Waals surface area contributed by atoms with Crippen LogP contribution in [0.15, 0.2) is 26.9 Å². The maximum absolute atomic E-state index is 3.51. The molecule has 2 rings (SSSR count). The first kappa shape index (κ1) is 9.56. The van der Waals surface area contributed by atoms with Gasteiger partial charge in [0.1, 0.15) is 0 Å². The Bertz CT molecular complexity index is 445. The van der Waals surface area contributed by atoms with Crippen LogP contribution >= 0.6 is 39.0 Å². The molecule has 0 aliphatic rings. The number of thiophene rings is 1. The van der Waals surface area contributed by atoms with Crippen molar-refractivity contribution < 1.29 is 0 Å². The van der Waals surface area contributed by atoms with E-state index >= 15 is 0 Å². The molecule has 1 aromatic heterocycles. The highest BCUT2D eigenvalue weighted by atomic mass is 79.9. The van der Waals surface area contributed by atoms with E-state index in [1.165, 1.54) is 24.3 Å². The second-order valence-corrected chi connectivity index (χ2v) is 5.98. The van der Waals surface area contributed by atoms with Crippen molar-refractivity contribution in [2.24, 2.45) is 0 Å². The molecule has 1 aromatic carbocycles. The van der Waals surface area contributed by atoms with Crippen molar-refractivity contribution in [3.63, 3.8) is 0 Å². The summed E-state index contributed by atoms with van der Waals surface area (Å²) in [6.45, 7) is 2.16. The molecule has 68 valence electrons. The molecule has 1 heterocycles. The average Bonchev–Trinajstić information content (AvgIpc) is 2.47. The molecule has 0 atom stereocenters. The molecule has 0 saturated heterocycles. The minimum Gasteiger partial charge on any atom is -0.129 e. The van der Waals surface area contributed by atoms with Gasteiger partial charge in [0.2, 0.25) is 0 Å². The Kier molecular flexibility index (Phi) is 2.67. The molecule has 0 nitrogen and oxygen atoms in total. The van der Waals surface area contributed by atoms with Gasteiger partial charge in [-0.15, -0.1) is 23.1 Å². The van der Waals surface area contributed by atoms with Crippen molar-refractivity contribution in [1.82, 2.24) is 0 Å². The maximum atomic E-state index is 3.51. The average molecular weight is 273 g/mol. The second-order valence-electron chi connectivity index (χ2n) is 2.91. The molecule has 0 bridgehead atoms. The molecule has 3 heteroatoms. The summed E-state index contributed by atoms with van der Waals surface area (Å²) in [6, 6.07) is 6.60. The van der Waals surface area contributed by atoms with Gasteiger partial charge in [0.15, 0.2) is 0 Å². The predicted molar refractivity (Wildman–Crippen MR) is 66.0 cm³/mol. The number of hydrogen-bond acceptors (Lipinski definition) is 2. The molecule has 0 saturated carbocycles. The van der Waals surface area contributed by atoms with E-state index in [9.17, 15) is 0 Å². The third-order valence-electron chi connectivity index (χ3n) is 1.95. The van der Waals surface area contributed by atoms with E-state index in [1.54, 1.807) is 0 Å². The number of aryl methyl sites for hydroxylation is 1. The van der Waals surface area contributed by atoms with Gasteiger partial charge >= 0.3 is 0 Å². The van der Waals surface area contributed by atoms with Crippen LogP contribution in [-0.4, -0.2) is 6.26 Å². The first-order valence-corrected chi connectivity index (χ1v) is 6.78. The minimum atomic E-state index is 1.17. The largest absolute Gasteiger partial charge is 0.129 e. The first-order chi connectivity index (χ1) is 6.20. The van der Waals surface area contributed by atoms with Crippen molar-refractivity contribution >= 4 is 49.1 Å². The summed E-state index contributed by atoms with van der Waals surface area (Å²) in [4.78, 5) is 0. The van der Waals surface area contributed by atoms with Gasteiger partial charge in [-0.1, -0.05) is 15.9 Å². The molecule has 0 aliphatic heterocycles. The van der Waals surface area contributed by atoms with Crippen LogP contribution in [0.2, 0.25) is 0 Å². The van der Waals surface area contributed by atoms with E-state index in [0.717, 1.165) is 0 Å². The summed E-state index contributed by atoms with van der Waals surface area (Å²) in [6.07, 6.45) is 2.12. The van der Waals surface area contributed by atoms with Crippen molar-refractivity contribution in [2.45, 2.75) is 11.1 Å². The molecule has 0 amide bonds. The standard InChI is InChI=1S/C10H9BrS2/c1-6-3-8(11)4-7-5-9(12-2)13-10(6)7/h3-5H,1-2H3. The Labute approximate surface area is 94.5 Å². The van der Waals surface area contributed by atoms with Gasteiger partial charge in [-0.25, -0.2) is 0 Å². The molecule has 0 fully saturated rings. The van der Waals surface area contributed by atoms with Crippen molar-refractivity contribution in [3.05, 3.63) is 28.2 Å². The monoisotopic (exact) mass is 272 g/mol. The van der Waals surface area contributed by atoms with Crippen LogP contribution < -0.4 is 0 Å². The lowest BCUT2D eigenvalue weighted by molar-refractivity contribution is 1.53. The third-order valence-corrected chi connectivity index (χ3v) is 4.75. The van der Waals surface area contributed by atoms with Gasteiger partial charge in [0, 0.05) is 9.17 Å². The van der Waals surface area contributed by atoms with Crippen LogP contribution in [0.25, 0.3) is 10.1 Å². The number of halogens is 1. The summed E-state index contributed by atoms with van der Waals surface area (Å²) in [5, 5.41) is 1.35. The smallest absolute Gasteiger partial charge is 0.0608 e. The Hall–Kier alpha value is 0.01000. The SMILES string of the molecule is CSc1cc2cc(Br)cc(C)c2s1. The molecule has 2 aromatic rings. The van der Waals surface area contributed by atoms with E-state index in [1.807, 2.05) is 23.1 Å². The predicted octanol–water partition coefficient (Wildman–Crippen LogP) is 4.69. The lowest BCUT2D eigenvalue weighted by atomic mass is 10.2. The molecule has 0 unspecified atom stereocenters. The number of benzene rings is 1. The number of fused-ring (bicyclic) bond motifs is 1. The van der Waals surface area contributed by atoms with E-state index in [4.69, 9.17) is 0 Å². The lowest BCUT2D eigenvalue weighted by Crippen LogP contribution is -1.71. The van der Waals surface area contributed by atoms with Gasteiger partial charge in [-0.3, -0.25) is 0 Å². The van der Waals surface area contributed by atoms with E-state index in [-0.39, 0.29) is 0 Å². The van der Waals surface area contributed by atoms with Crippen molar-refractivity contribution in [2.75, 3.05) is 6.26 Å². The van der Waals surface area contributed by atoms with Crippen LogP contribution in [0.3, 0.4) is 0 Å². The zero-order valence-electron chi connectivity index (χ0n) is 7.43. The Morgan fingerprint density at radius 2 is 2.08 bits per heavy atom. The van der Waals surface area contributed by atoms with E-state index in [0.29, 0.717) is 0 Å². The highest BCUT2D eigenvalue weighted by Crippen LogP contribution is 2.35. The molecule has 0 radical (unpaired) electrons. The topological polar surface area (TPSA) is 0 Å². The normalized spacial score (nSPS) is 11.0. The highest BCUT2D eigenvalue weighted by Gasteiger charge is 2.04. The number of rotatable bonds is 1. The molecule has 0 N–H and O–H groups in total. The maximum Gasteiger partial charge on any atom is 0.0608 e. The van der Waals surface area contributed by atoms with Crippen molar-refractivity contribution in [1.29, 1.82) is 0 Å². The van der Waals surface area contributed by atoms with E-state index < -0.39 is 0 Å². The fraction of sp³-hybridized carbons (Fsp3) is 0.200. The van der Waals surface area contributed by atoms with Gasteiger partial charge in [-0.2, -0.15) is 0 Å². The summed E-state index contributed by atoms with van der Waals surface area (Å²) in [7, 11) is 0. The quantitative estimate of drug-likeness (QED) is 0.679. The van der Waals surface area contributed by atoms with Crippen molar-refractivity contribution in [3.8, 4) is 0 Å². The van der Waals surface area contributed by atoms with Gasteiger partial charge in [0.25, 0.3) is 0 Å². The fourth-order valence-electron chi connectivity index (χ4n) is 1.36. The zero-order valence-corrected chi connectivity index (χ0v) is 10.6. The highest BCUT2D eigenvalue weighted by molar-refractivity contribution is 9.10.